The Balaban J connectivity index is 2.67. The average Bonchev–Trinajstić information content (AvgIpc) is 2.38. The molecule has 0 spiro atoms. The van der Waals surface area contributed by atoms with Crippen molar-refractivity contribution in [3.8, 4) is 0 Å². The topological polar surface area (TPSA) is 22.0 Å². The summed E-state index contributed by atoms with van der Waals surface area (Å²) in [6.45, 7) is 0. The van der Waals surface area contributed by atoms with Gasteiger partial charge in [-0.1, -0.05) is 35.3 Å². The van der Waals surface area contributed by atoms with Gasteiger partial charge in [-0.3, -0.25) is 4.79 Å². The van der Waals surface area contributed by atoms with Crippen molar-refractivity contribution in [1.82, 2.24) is 4.57 Å². The van der Waals surface area contributed by atoms with Crippen LogP contribution < -0.4 is 5.43 Å². The Morgan fingerprint density at radius 3 is 2.39 bits per heavy atom. The summed E-state index contributed by atoms with van der Waals surface area (Å²) in [4.78, 5) is 12.4. The van der Waals surface area contributed by atoms with Crippen LogP contribution in [0.2, 0.25) is 10.0 Å². The number of rotatable bonds is 0. The SMILES string of the molecule is Cn1c2ccccc2c(=O)c2cc(Cl)c(Cl)cc21. The number of nitrogens with zero attached hydrogens (tertiary/aromatic N) is 1. The van der Waals surface area contributed by atoms with Crippen LogP contribution in [0.15, 0.2) is 41.2 Å². The molecule has 0 aliphatic carbocycles. The van der Waals surface area contributed by atoms with Gasteiger partial charge in [0.2, 0.25) is 0 Å². The highest BCUT2D eigenvalue weighted by Crippen LogP contribution is 2.27. The molecule has 0 N–H and O–H groups in total. The van der Waals surface area contributed by atoms with Gasteiger partial charge in [0.25, 0.3) is 0 Å². The second-order valence-corrected chi connectivity index (χ2v) is 5.00. The molecule has 2 nitrogen and oxygen atoms in total. The molecule has 0 bridgehead atoms. The van der Waals surface area contributed by atoms with Gasteiger partial charge in [0.1, 0.15) is 0 Å². The molecule has 0 atom stereocenters. The van der Waals surface area contributed by atoms with E-state index in [9.17, 15) is 4.79 Å². The van der Waals surface area contributed by atoms with Crippen molar-refractivity contribution in [1.29, 1.82) is 0 Å². The first-order valence-corrected chi connectivity index (χ1v) is 6.21. The van der Waals surface area contributed by atoms with Gasteiger partial charge in [0, 0.05) is 17.8 Å². The van der Waals surface area contributed by atoms with Crippen molar-refractivity contribution in [3.63, 3.8) is 0 Å². The van der Waals surface area contributed by atoms with Crippen LogP contribution in [0.1, 0.15) is 0 Å². The monoisotopic (exact) mass is 277 g/mol. The van der Waals surface area contributed by atoms with E-state index in [1.54, 1.807) is 12.1 Å². The highest BCUT2D eigenvalue weighted by Gasteiger charge is 2.10. The molecule has 0 unspecified atom stereocenters. The van der Waals surface area contributed by atoms with Crippen LogP contribution in [0.3, 0.4) is 0 Å². The highest BCUT2D eigenvalue weighted by atomic mass is 35.5. The minimum Gasteiger partial charge on any atom is -0.343 e. The molecule has 3 aromatic rings. The summed E-state index contributed by atoms with van der Waals surface area (Å²) >= 11 is 12.0. The van der Waals surface area contributed by atoms with E-state index >= 15 is 0 Å². The smallest absolute Gasteiger partial charge is 0.197 e. The summed E-state index contributed by atoms with van der Waals surface area (Å²) in [6.07, 6.45) is 0. The lowest BCUT2D eigenvalue weighted by atomic mass is 10.1. The Kier molecular flexibility index (Phi) is 2.58. The molecular weight excluding hydrogens is 269 g/mol. The molecule has 0 saturated heterocycles. The van der Waals surface area contributed by atoms with Crippen LogP contribution >= 0.6 is 23.2 Å². The number of pyridine rings is 1. The predicted molar refractivity (Wildman–Crippen MR) is 76.7 cm³/mol. The van der Waals surface area contributed by atoms with E-state index < -0.39 is 0 Å². The third-order valence-corrected chi connectivity index (χ3v) is 3.88. The summed E-state index contributed by atoms with van der Waals surface area (Å²) in [7, 11) is 1.91. The van der Waals surface area contributed by atoms with E-state index in [1.807, 2.05) is 35.9 Å². The lowest BCUT2D eigenvalue weighted by Gasteiger charge is -2.11. The van der Waals surface area contributed by atoms with E-state index in [-0.39, 0.29) is 5.43 Å². The first-order valence-electron chi connectivity index (χ1n) is 5.46. The Morgan fingerprint density at radius 1 is 0.944 bits per heavy atom. The fourth-order valence-corrected chi connectivity index (χ4v) is 2.55. The standard InChI is InChI=1S/C14H9Cl2NO/c1-17-12-5-3-2-4-8(12)14(18)9-6-10(15)11(16)7-13(9)17/h2-7H,1H3. The van der Waals surface area contributed by atoms with Crippen LogP contribution in [-0.2, 0) is 7.05 Å². The van der Waals surface area contributed by atoms with E-state index in [2.05, 4.69) is 0 Å². The van der Waals surface area contributed by atoms with Gasteiger partial charge in [-0.2, -0.15) is 0 Å². The third-order valence-electron chi connectivity index (χ3n) is 3.15. The van der Waals surface area contributed by atoms with Crippen molar-refractivity contribution < 1.29 is 0 Å². The molecule has 0 aliphatic rings. The molecule has 3 rings (SSSR count). The normalized spacial score (nSPS) is 11.3. The first-order chi connectivity index (χ1) is 8.59. The zero-order valence-corrected chi connectivity index (χ0v) is 11.1. The number of hydrogen-bond donors (Lipinski definition) is 0. The number of benzene rings is 2. The maximum Gasteiger partial charge on any atom is 0.197 e. The Bertz CT molecular complexity index is 836. The van der Waals surface area contributed by atoms with Gasteiger partial charge in [0.05, 0.1) is 21.1 Å². The van der Waals surface area contributed by atoms with Crippen molar-refractivity contribution in [2.24, 2.45) is 7.05 Å². The van der Waals surface area contributed by atoms with Gasteiger partial charge < -0.3 is 4.57 Å². The molecule has 1 aromatic heterocycles. The molecule has 0 saturated carbocycles. The predicted octanol–water partition coefficient (Wildman–Crippen LogP) is 4.00. The van der Waals surface area contributed by atoms with Crippen LogP contribution in [0.4, 0.5) is 0 Å². The number of aryl methyl sites for hydroxylation is 1. The zero-order chi connectivity index (χ0) is 12.9. The van der Waals surface area contributed by atoms with Crippen LogP contribution in [0.25, 0.3) is 21.8 Å². The third kappa shape index (κ3) is 1.53. The number of aromatic nitrogens is 1. The summed E-state index contributed by atoms with van der Waals surface area (Å²) in [6, 6.07) is 10.9. The summed E-state index contributed by atoms with van der Waals surface area (Å²) in [5.74, 6) is 0. The maximum atomic E-state index is 12.4. The zero-order valence-electron chi connectivity index (χ0n) is 9.58. The van der Waals surface area contributed by atoms with Gasteiger partial charge in [-0.05, 0) is 24.3 Å². The summed E-state index contributed by atoms with van der Waals surface area (Å²) < 4.78 is 1.95. The molecule has 90 valence electrons. The Morgan fingerprint density at radius 2 is 1.61 bits per heavy atom. The van der Waals surface area contributed by atoms with Crippen LogP contribution in [0, 0.1) is 0 Å². The summed E-state index contributed by atoms with van der Waals surface area (Å²) in [5.41, 5.74) is 1.65. The largest absolute Gasteiger partial charge is 0.343 e. The average molecular weight is 278 g/mol. The van der Waals surface area contributed by atoms with E-state index in [0.717, 1.165) is 11.0 Å². The molecule has 2 aromatic carbocycles. The van der Waals surface area contributed by atoms with Crippen LogP contribution in [-0.4, -0.2) is 4.57 Å². The number of para-hydroxylation sites is 1. The quantitative estimate of drug-likeness (QED) is 0.570. The molecule has 18 heavy (non-hydrogen) atoms. The van der Waals surface area contributed by atoms with E-state index in [4.69, 9.17) is 23.2 Å². The molecule has 0 fully saturated rings. The molecule has 4 heteroatoms. The van der Waals surface area contributed by atoms with E-state index in [0.29, 0.717) is 20.8 Å². The molecule has 0 aliphatic heterocycles. The van der Waals surface area contributed by atoms with Crippen LogP contribution in [0.5, 0.6) is 0 Å². The molecule has 0 amide bonds. The minimum absolute atomic E-state index is 0.0164. The second-order valence-electron chi connectivity index (χ2n) is 4.19. The Labute approximate surface area is 113 Å². The van der Waals surface area contributed by atoms with Crippen molar-refractivity contribution in [2.75, 3.05) is 0 Å². The summed E-state index contributed by atoms with van der Waals surface area (Å²) in [5, 5.41) is 2.13. The molecular formula is C14H9Cl2NO. The van der Waals surface area contributed by atoms with Crippen molar-refractivity contribution >= 4 is 45.0 Å². The minimum atomic E-state index is -0.0164. The first kappa shape index (κ1) is 11.6. The number of fused-ring (bicyclic) bond motifs is 2. The fraction of sp³-hybridized carbons (Fsp3) is 0.0714. The van der Waals surface area contributed by atoms with Gasteiger partial charge in [-0.25, -0.2) is 0 Å². The Hall–Kier alpha value is -1.51. The molecule has 1 heterocycles. The maximum absolute atomic E-state index is 12.4. The lowest BCUT2D eigenvalue weighted by Crippen LogP contribution is -2.08. The van der Waals surface area contributed by atoms with Crippen molar-refractivity contribution in [2.45, 2.75) is 0 Å². The molecule has 0 radical (unpaired) electrons. The fourth-order valence-electron chi connectivity index (χ4n) is 2.23. The van der Waals surface area contributed by atoms with Gasteiger partial charge in [-0.15, -0.1) is 0 Å². The second kappa shape index (κ2) is 4.01. The van der Waals surface area contributed by atoms with Gasteiger partial charge >= 0.3 is 0 Å². The van der Waals surface area contributed by atoms with E-state index in [1.165, 1.54) is 0 Å². The van der Waals surface area contributed by atoms with Crippen molar-refractivity contribution in [3.05, 3.63) is 56.7 Å². The lowest BCUT2D eigenvalue weighted by molar-refractivity contribution is 1.00. The number of hydrogen-bond acceptors (Lipinski definition) is 1. The number of halogens is 2. The van der Waals surface area contributed by atoms with Gasteiger partial charge in [0.15, 0.2) is 5.43 Å². The highest BCUT2D eigenvalue weighted by molar-refractivity contribution is 6.42.